The number of rotatable bonds is 7. The molecule has 0 aliphatic heterocycles. The number of nitrogens with zero attached hydrogens (tertiary/aromatic N) is 1. The van der Waals surface area contributed by atoms with Crippen LogP contribution < -0.4 is 5.32 Å². The van der Waals surface area contributed by atoms with Gasteiger partial charge in [-0.05, 0) is 46.9 Å². The summed E-state index contributed by atoms with van der Waals surface area (Å²) < 4.78 is 1.02. The molecule has 0 aliphatic carbocycles. The number of pyridine rings is 1. The van der Waals surface area contributed by atoms with E-state index in [1.165, 1.54) is 6.42 Å². The van der Waals surface area contributed by atoms with Gasteiger partial charge in [-0.3, -0.25) is 4.98 Å². The lowest BCUT2D eigenvalue weighted by Gasteiger charge is -2.13. The quantitative estimate of drug-likeness (QED) is 0.779. The van der Waals surface area contributed by atoms with E-state index in [4.69, 9.17) is 11.6 Å². The van der Waals surface area contributed by atoms with Crippen LogP contribution in [0, 0.1) is 5.92 Å². The standard InChI is InChI=1S/C12H18BrClN2/c1-2-10(5-6-14)7-15-9-12-4-3-11(13)8-16-12/h3-4,8,10,15H,2,5-7,9H2,1H3. The Labute approximate surface area is 111 Å². The zero-order valence-electron chi connectivity index (χ0n) is 9.55. The van der Waals surface area contributed by atoms with Crippen molar-refractivity contribution in [3.63, 3.8) is 0 Å². The molecular formula is C12H18BrClN2. The summed E-state index contributed by atoms with van der Waals surface area (Å²) in [7, 11) is 0. The number of halogens is 2. The fourth-order valence-corrected chi connectivity index (χ4v) is 2.06. The first kappa shape index (κ1) is 13.9. The van der Waals surface area contributed by atoms with Gasteiger partial charge in [0.25, 0.3) is 0 Å². The molecule has 0 bridgehead atoms. The highest BCUT2D eigenvalue weighted by Gasteiger charge is 2.04. The van der Waals surface area contributed by atoms with Crippen molar-refractivity contribution in [1.29, 1.82) is 0 Å². The van der Waals surface area contributed by atoms with Crippen LogP contribution in [-0.4, -0.2) is 17.4 Å². The van der Waals surface area contributed by atoms with Gasteiger partial charge in [-0.25, -0.2) is 0 Å². The molecule has 2 nitrogen and oxygen atoms in total. The van der Waals surface area contributed by atoms with Gasteiger partial charge in [0.1, 0.15) is 0 Å². The predicted octanol–water partition coefficient (Wildman–Crippen LogP) is 3.59. The molecule has 0 fully saturated rings. The molecule has 16 heavy (non-hydrogen) atoms. The monoisotopic (exact) mass is 304 g/mol. The van der Waals surface area contributed by atoms with Crippen LogP contribution in [0.4, 0.5) is 0 Å². The van der Waals surface area contributed by atoms with Crippen molar-refractivity contribution >= 4 is 27.5 Å². The van der Waals surface area contributed by atoms with Crippen molar-refractivity contribution in [2.24, 2.45) is 5.92 Å². The van der Waals surface area contributed by atoms with E-state index in [2.05, 4.69) is 33.2 Å². The van der Waals surface area contributed by atoms with Gasteiger partial charge in [-0.15, -0.1) is 11.6 Å². The topological polar surface area (TPSA) is 24.9 Å². The lowest BCUT2D eigenvalue weighted by atomic mass is 10.0. The van der Waals surface area contributed by atoms with Gasteiger partial charge in [-0.1, -0.05) is 13.3 Å². The average molecular weight is 306 g/mol. The van der Waals surface area contributed by atoms with Crippen LogP contribution in [0.3, 0.4) is 0 Å². The number of hydrogen-bond acceptors (Lipinski definition) is 2. The fourth-order valence-electron chi connectivity index (χ4n) is 1.52. The highest BCUT2D eigenvalue weighted by molar-refractivity contribution is 9.10. The zero-order chi connectivity index (χ0) is 11.8. The summed E-state index contributed by atoms with van der Waals surface area (Å²) in [6.07, 6.45) is 4.08. The van der Waals surface area contributed by atoms with Crippen LogP contribution >= 0.6 is 27.5 Å². The molecule has 0 amide bonds. The van der Waals surface area contributed by atoms with Crippen molar-refractivity contribution in [2.75, 3.05) is 12.4 Å². The maximum absolute atomic E-state index is 5.74. The third kappa shape index (κ3) is 5.28. The molecule has 1 heterocycles. The van der Waals surface area contributed by atoms with Gasteiger partial charge < -0.3 is 5.32 Å². The SMILES string of the molecule is CCC(CCCl)CNCc1ccc(Br)cn1. The summed E-state index contributed by atoms with van der Waals surface area (Å²) in [4.78, 5) is 4.31. The summed E-state index contributed by atoms with van der Waals surface area (Å²) in [5.41, 5.74) is 1.07. The van der Waals surface area contributed by atoms with Gasteiger partial charge in [0.15, 0.2) is 0 Å². The normalized spacial score (nSPS) is 12.7. The molecule has 1 aromatic heterocycles. The van der Waals surface area contributed by atoms with Crippen molar-refractivity contribution in [3.8, 4) is 0 Å². The Kier molecular flexibility index (Phi) is 7.01. The number of aromatic nitrogens is 1. The first-order chi connectivity index (χ1) is 7.76. The highest BCUT2D eigenvalue weighted by atomic mass is 79.9. The summed E-state index contributed by atoms with van der Waals surface area (Å²) >= 11 is 9.11. The van der Waals surface area contributed by atoms with Gasteiger partial charge in [0.2, 0.25) is 0 Å². The Morgan fingerprint density at radius 1 is 1.50 bits per heavy atom. The number of alkyl halides is 1. The number of nitrogens with one attached hydrogen (secondary N) is 1. The molecule has 1 atom stereocenters. The average Bonchev–Trinajstić information content (AvgIpc) is 2.30. The number of hydrogen-bond donors (Lipinski definition) is 1. The molecule has 0 radical (unpaired) electrons. The zero-order valence-corrected chi connectivity index (χ0v) is 11.9. The second-order valence-electron chi connectivity index (χ2n) is 3.85. The molecule has 0 aliphatic rings. The maximum atomic E-state index is 5.74. The molecule has 1 unspecified atom stereocenters. The molecule has 1 rings (SSSR count). The molecule has 1 aromatic rings. The minimum atomic E-state index is 0.674. The minimum absolute atomic E-state index is 0.674. The second kappa shape index (κ2) is 8.04. The Morgan fingerprint density at radius 2 is 2.31 bits per heavy atom. The van der Waals surface area contributed by atoms with Crippen LogP contribution in [0.15, 0.2) is 22.8 Å². The predicted molar refractivity (Wildman–Crippen MR) is 72.8 cm³/mol. The third-order valence-corrected chi connectivity index (χ3v) is 3.31. The van der Waals surface area contributed by atoms with Crippen molar-refractivity contribution in [2.45, 2.75) is 26.3 Å². The lowest BCUT2D eigenvalue weighted by molar-refractivity contribution is 0.450. The largest absolute Gasteiger partial charge is 0.311 e. The Balaban J connectivity index is 2.26. The van der Waals surface area contributed by atoms with Crippen LogP contribution in [0.25, 0.3) is 0 Å². The van der Waals surface area contributed by atoms with Gasteiger partial charge in [0.05, 0.1) is 5.69 Å². The smallest absolute Gasteiger partial charge is 0.0542 e. The van der Waals surface area contributed by atoms with E-state index in [0.29, 0.717) is 5.92 Å². The Morgan fingerprint density at radius 3 is 2.88 bits per heavy atom. The molecule has 1 N–H and O–H groups in total. The Bertz CT molecular complexity index is 290. The summed E-state index contributed by atoms with van der Waals surface area (Å²) in [5.74, 6) is 1.42. The molecule has 90 valence electrons. The van der Waals surface area contributed by atoms with Gasteiger partial charge in [-0.2, -0.15) is 0 Å². The molecule has 0 saturated carbocycles. The third-order valence-electron chi connectivity index (χ3n) is 2.62. The first-order valence-electron chi connectivity index (χ1n) is 5.63. The first-order valence-corrected chi connectivity index (χ1v) is 6.96. The van der Waals surface area contributed by atoms with E-state index in [9.17, 15) is 0 Å². The summed E-state index contributed by atoms with van der Waals surface area (Å²) in [5, 5.41) is 3.42. The van der Waals surface area contributed by atoms with Crippen LogP contribution in [0.1, 0.15) is 25.5 Å². The lowest BCUT2D eigenvalue weighted by Crippen LogP contribution is -2.22. The maximum Gasteiger partial charge on any atom is 0.0542 e. The van der Waals surface area contributed by atoms with Gasteiger partial charge >= 0.3 is 0 Å². The van der Waals surface area contributed by atoms with Crippen LogP contribution in [-0.2, 0) is 6.54 Å². The Hall–Kier alpha value is -0.120. The highest BCUT2D eigenvalue weighted by Crippen LogP contribution is 2.09. The van der Waals surface area contributed by atoms with Crippen molar-refractivity contribution in [3.05, 3.63) is 28.5 Å². The second-order valence-corrected chi connectivity index (χ2v) is 5.14. The summed E-state index contributed by atoms with van der Waals surface area (Å²) in [6.45, 7) is 4.05. The van der Waals surface area contributed by atoms with E-state index in [1.54, 1.807) is 0 Å². The molecule has 4 heteroatoms. The molecular weight excluding hydrogens is 288 g/mol. The fraction of sp³-hybridized carbons (Fsp3) is 0.583. The van der Waals surface area contributed by atoms with E-state index in [0.717, 1.165) is 35.6 Å². The van der Waals surface area contributed by atoms with Gasteiger partial charge in [0, 0.05) is 23.1 Å². The summed E-state index contributed by atoms with van der Waals surface area (Å²) in [6, 6.07) is 4.04. The van der Waals surface area contributed by atoms with E-state index >= 15 is 0 Å². The van der Waals surface area contributed by atoms with Crippen molar-refractivity contribution in [1.82, 2.24) is 10.3 Å². The molecule has 0 saturated heterocycles. The van der Waals surface area contributed by atoms with E-state index in [1.807, 2.05) is 18.3 Å². The molecule has 0 spiro atoms. The van der Waals surface area contributed by atoms with E-state index in [-0.39, 0.29) is 0 Å². The molecule has 0 aromatic carbocycles. The van der Waals surface area contributed by atoms with Crippen LogP contribution in [0.5, 0.6) is 0 Å². The van der Waals surface area contributed by atoms with Crippen LogP contribution in [0.2, 0.25) is 0 Å². The minimum Gasteiger partial charge on any atom is -0.311 e. The van der Waals surface area contributed by atoms with Crippen molar-refractivity contribution < 1.29 is 0 Å². The van der Waals surface area contributed by atoms with E-state index < -0.39 is 0 Å².